The molecule has 2 N–H and O–H groups in total. The molecule has 7 heteroatoms. The van der Waals surface area contributed by atoms with Crippen molar-refractivity contribution in [2.45, 2.75) is 12.4 Å². The van der Waals surface area contributed by atoms with Crippen LogP contribution in [0.1, 0.15) is 16.7 Å². The summed E-state index contributed by atoms with van der Waals surface area (Å²) in [6, 6.07) is 21.9. The standard InChI is InChI=1S/C22H19ClFN3OS/c23-20-12-18(9-10-21(20)24)14-28-19-8-4-7-17(11-19)13-26-27-22(25)29-15-16-5-2-1-3-6-16/h1-13H,14-15H2,(H2,25,27). The van der Waals surface area contributed by atoms with Gasteiger partial charge in [-0.3, -0.25) is 0 Å². The molecule has 0 aromatic heterocycles. The highest BCUT2D eigenvalue weighted by Gasteiger charge is 2.02. The van der Waals surface area contributed by atoms with Crippen molar-refractivity contribution in [1.82, 2.24) is 0 Å². The Bertz CT molecular complexity index is 1010. The van der Waals surface area contributed by atoms with Crippen LogP contribution < -0.4 is 10.5 Å². The third-order valence-electron chi connectivity index (χ3n) is 3.84. The lowest BCUT2D eigenvalue weighted by Crippen LogP contribution is -2.06. The number of nitrogens with two attached hydrogens (primary N) is 1. The second-order valence-electron chi connectivity index (χ2n) is 6.07. The molecule has 29 heavy (non-hydrogen) atoms. The normalized spacial score (nSPS) is 11.7. The molecule has 0 unspecified atom stereocenters. The lowest BCUT2D eigenvalue weighted by atomic mass is 10.2. The molecular weight excluding hydrogens is 409 g/mol. The van der Waals surface area contributed by atoms with E-state index in [1.165, 1.54) is 23.4 Å². The number of amidine groups is 1. The molecule has 0 radical (unpaired) electrons. The Labute approximate surface area is 178 Å². The number of nitrogens with zero attached hydrogens (tertiary/aromatic N) is 2. The summed E-state index contributed by atoms with van der Waals surface area (Å²) in [7, 11) is 0. The van der Waals surface area contributed by atoms with E-state index >= 15 is 0 Å². The van der Waals surface area contributed by atoms with Crippen molar-refractivity contribution in [3.8, 4) is 5.75 Å². The van der Waals surface area contributed by atoms with Gasteiger partial charge >= 0.3 is 0 Å². The topological polar surface area (TPSA) is 60.0 Å². The quantitative estimate of drug-likeness (QED) is 0.301. The van der Waals surface area contributed by atoms with Gasteiger partial charge in [-0.15, -0.1) is 5.10 Å². The zero-order valence-corrected chi connectivity index (χ0v) is 17.0. The summed E-state index contributed by atoms with van der Waals surface area (Å²) in [5, 5.41) is 8.52. The zero-order valence-electron chi connectivity index (χ0n) is 15.5. The zero-order chi connectivity index (χ0) is 20.5. The van der Waals surface area contributed by atoms with Crippen LogP contribution in [0.25, 0.3) is 0 Å². The Kier molecular flexibility index (Phi) is 7.67. The van der Waals surface area contributed by atoms with Crippen molar-refractivity contribution in [1.29, 1.82) is 0 Å². The van der Waals surface area contributed by atoms with E-state index < -0.39 is 5.82 Å². The van der Waals surface area contributed by atoms with E-state index in [9.17, 15) is 4.39 Å². The van der Waals surface area contributed by atoms with E-state index in [4.69, 9.17) is 22.1 Å². The van der Waals surface area contributed by atoms with Crippen LogP contribution in [0, 0.1) is 5.82 Å². The first kappa shape index (κ1) is 20.9. The maximum absolute atomic E-state index is 13.2. The van der Waals surface area contributed by atoms with Crippen LogP contribution in [0.4, 0.5) is 4.39 Å². The average Bonchev–Trinajstić information content (AvgIpc) is 2.74. The van der Waals surface area contributed by atoms with Gasteiger partial charge in [-0.1, -0.05) is 71.9 Å². The van der Waals surface area contributed by atoms with Gasteiger partial charge in [0.25, 0.3) is 0 Å². The number of thioether (sulfide) groups is 1. The van der Waals surface area contributed by atoms with Crippen molar-refractivity contribution >= 4 is 34.7 Å². The average molecular weight is 428 g/mol. The highest BCUT2D eigenvalue weighted by atomic mass is 35.5. The van der Waals surface area contributed by atoms with Gasteiger partial charge in [0.05, 0.1) is 11.2 Å². The molecule has 4 nitrogen and oxygen atoms in total. The number of halogens is 2. The van der Waals surface area contributed by atoms with Gasteiger partial charge in [0, 0.05) is 5.75 Å². The lowest BCUT2D eigenvalue weighted by molar-refractivity contribution is 0.306. The molecule has 3 aromatic carbocycles. The molecule has 0 saturated carbocycles. The minimum absolute atomic E-state index is 0.0765. The smallest absolute Gasteiger partial charge is 0.180 e. The number of hydrogen-bond acceptors (Lipinski definition) is 4. The molecule has 0 aliphatic rings. The van der Waals surface area contributed by atoms with Gasteiger partial charge in [-0.05, 0) is 41.0 Å². The summed E-state index contributed by atoms with van der Waals surface area (Å²) in [6.45, 7) is 0.280. The molecule has 0 aliphatic heterocycles. The fourth-order valence-corrected chi connectivity index (χ4v) is 3.21. The first-order valence-electron chi connectivity index (χ1n) is 8.80. The highest BCUT2D eigenvalue weighted by Crippen LogP contribution is 2.19. The SMILES string of the molecule is NC(=NN=Cc1cccc(OCc2ccc(F)c(Cl)c2)c1)SCc1ccccc1. The predicted molar refractivity (Wildman–Crippen MR) is 119 cm³/mol. The highest BCUT2D eigenvalue weighted by molar-refractivity contribution is 8.13. The van der Waals surface area contributed by atoms with Crippen LogP contribution in [0.3, 0.4) is 0 Å². The van der Waals surface area contributed by atoms with Crippen LogP contribution in [-0.2, 0) is 12.4 Å². The van der Waals surface area contributed by atoms with Crippen molar-refractivity contribution in [3.63, 3.8) is 0 Å². The summed E-state index contributed by atoms with van der Waals surface area (Å²) in [5.41, 5.74) is 8.66. The first-order valence-corrected chi connectivity index (χ1v) is 10.2. The third kappa shape index (κ3) is 6.93. The van der Waals surface area contributed by atoms with Crippen LogP contribution in [0.15, 0.2) is 83.0 Å². The number of hydrogen-bond donors (Lipinski definition) is 1. The molecule has 0 atom stereocenters. The second kappa shape index (κ2) is 10.6. The Morgan fingerprint density at radius 3 is 2.66 bits per heavy atom. The molecule has 148 valence electrons. The molecule has 0 bridgehead atoms. The van der Waals surface area contributed by atoms with Gasteiger partial charge in [0.1, 0.15) is 18.2 Å². The molecule has 0 saturated heterocycles. The Morgan fingerprint density at radius 2 is 1.86 bits per heavy atom. The molecule has 0 spiro atoms. The van der Waals surface area contributed by atoms with Gasteiger partial charge in [0.15, 0.2) is 5.17 Å². The van der Waals surface area contributed by atoms with E-state index in [1.54, 1.807) is 18.3 Å². The molecule has 3 rings (SSSR count). The summed E-state index contributed by atoms with van der Waals surface area (Å²) in [4.78, 5) is 0. The summed E-state index contributed by atoms with van der Waals surface area (Å²) < 4.78 is 19.0. The molecular formula is C22H19ClFN3OS. The maximum Gasteiger partial charge on any atom is 0.180 e. The largest absolute Gasteiger partial charge is 0.489 e. The second-order valence-corrected chi connectivity index (χ2v) is 7.47. The van der Waals surface area contributed by atoms with Crippen molar-refractivity contribution in [2.75, 3.05) is 0 Å². The van der Waals surface area contributed by atoms with Gasteiger partial charge in [-0.2, -0.15) is 5.10 Å². The first-order chi connectivity index (χ1) is 14.1. The minimum atomic E-state index is -0.449. The Balaban J connectivity index is 1.53. The molecule has 0 fully saturated rings. The van der Waals surface area contributed by atoms with E-state index in [0.29, 0.717) is 10.9 Å². The molecule has 0 heterocycles. The maximum atomic E-state index is 13.2. The summed E-state index contributed by atoms with van der Waals surface area (Å²) >= 11 is 7.22. The minimum Gasteiger partial charge on any atom is -0.489 e. The number of benzene rings is 3. The van der Waals surface area contributed by atoms with E-state index in [0.717, 1.165) is 16.9 Å². The fraction of sp³-hybridized carbons (Fsp3) is 0.0909. The Hall–Kier alpha value is -2.83. The van der Waals surface area contributed by atoms with Crippen LogP contribution in [-0.4, -0.2) is 11.4 Å². The van der Waals surface area contributed by atoms with Crippen molar-refractivity contribution in [3.05, 3.63) is 100 Å². The molecule has 0 aliphatic carbocycles. The van der Waals surface area contributed by atoms with E-state index in [1.807, 2.05) is 54.6 Å². The van der Waals surface area contributed by atoms with Crippen LogP contribution in [0.5, 0.6) is 5.75 Å². The predicted octanol–water partition coefficient (Wildman–Crippen LogP) is 5.64. The van der Waals surface area contributed by atoms with Gasteiger partial charge in [0.2, 0.25) is 0 Å². The number of rotatable bonds is 7. The van der Waals surface area contributed by atoms with E-state index in [-0.39, 0.29) is 11.6 Å². The molecule has 0 amide bonds. The van der Waals surface area contributed by atoms with Crippen molar-refractivity contribution < 1.29 is 9.13 Å². The van der Waals surface area contributed by atoms with E-state index in [2.05, 4.69) is 10.2 Å². The fourth-order valence-electron chi connectivity index (χ4n) is 2.39. The summed E-state index contributed by atoms with van der Waals surface area (Å²) in [5.74, 6) is 0.947. The van der Waals surface area contributed by atoms with Crippen LogP contribution >= 0.6 is 23.4 Å². The molecule has 3 aromatic rings. The monoisotopic (exact) mass is 427 g/mol. The number of ether oxygens (including phenoxy) is 1. The summed E-state index contributed by atoms with van der Waals surface area (Å²) in [6.07, 6.45) is 1.61. The van der Waals surface area contributed by atoms with Crippen molar-refractivity contribution in [2.24, 2.45) is 15.9 Å². The van der Waals surface area contributed by atoms with Gasteiger partial charge in [-0.25, -0.2) is 4.39 Å². The van der Waals surface area contributed by atoms with Crippen LogP contribution in [0.2, 0.25) is 5.02 Å². The third-order valence-corrected chi connectivity index (χ3v) is 4.98. The lowest BCUT2D eigenvalue weighted by Gasteiger charge is -2.07. The van der Waals surface area contributed by atoms with Gasteiger partial charge < -0.3 is 10.5 Å². The Morgan fingerprint density at radius 1 is 1.03 bits per heavy atom.